The van der Waals surface area contributed by atoms with Crippen molar-refractivity contribution in [3.05, 3.63) is 70.0 Å². The number of halogens is 1. The number of aryl methyl sites for hydroxylation is 3. The maximum Gasteiger partial charge on any atom is 0.123 e. The zero-order valence-electron chi connectivity index (χ0n) is 13.5. The molecule has 1 unspecified atom stereocenters. The van der Waals surface area contributed by atoms with Gasteiger partial charge in [-0.25, -0.2) is 4.39 Å². The minimum atomic E-state index is -0.184. The SMILES string of the molecule is Cc1cc(C)c(C(C)N[C@H](C)c2cccc(F)c2)cc1C. The monoisotopic (exact) mass is 285 g/mol. The summed E-state index contributed by atoms with van der Waals surface area (Å²) in [5.41, 5.74) is 6.21. The predicted octanol–water partition coefficient (Wildman–Crippen LogP) is 5.16. The van der Waals surface area contributed by atoms with Crippen LogP contribution in [0.2, 0.25) is 0 Å². The molecule has 0 aliphatic carbocycles. The highest BCUT2D eigenvalue weighted by molar-refractivity contribution is 5.38. The van der Waals surface area contributed by atoms with Crippen LogP contribution in [0.5, 0.6) is 0 Å². The molecule has 2 aromatic carbocycles. The lowest BCUT2D eigenvalue weighted by Gasteiger charge is -2.23. The van der Waals surface area contributed by atoms with E-state index in [-0.39, 0.29) is 17.9 Å². The van der Waals surface area contributed by atoms with Gasteiger partial charge in [0.15, 0.2) is 0 Å². The van der Waals surface area contributed by atoms with Gasteiger partial charge in [0.2, 0.25) is 0 Å². The molecule has 0 bridgehead atoms. The standard InChI is InChI=1S/C19H24FN/c1-12-9-14(3)19(10-13(12)2)16(5)21-15(4)17-7-6-8-18(20)11-17/h6-11,15-16,21H,1-5H3/t15-,16?/m1/s1. The highest BCUT2D eigenvalue weighted by Crippen LogP contribution is 2.24. The average Bonchev–Trinajstić information content (AvgIpc) is 2.42. The first-order chi connectivity index (χ1) is 9.88. The molecule has 2 atom stereocenters. The van der Waals surface area contributed by atoms with Crippen LogP contribution in [0, 0.1) is 26.6 Å². The molecule has 2 rings (SSSR count). The summed E-state index contributed by atoms with van der Waals surface area (Å²) in [6, 6.07) is 11.6. The lowest BCUT2D eigenvalue weighted by Crippen LogP contribution is -2.23. The van der Waals surface area contributed by atoms with E-state index in [2.05, 4.69) is 52.1 Å². The summed E-state index contributed by atoms with van der Waals surface area (Å²) in [4.78, 5) is 0. The van der Waals surface area contributed by atoms with Crippen LogP contribution in [0.1, 0.15) is 53.7 Å². The average molecular weight is 285 g/mol. The number of hydrogen-bond acceptors (Lipinski definition) is 1. The fourth-order valence-electron chi connectivity index (χ4n) is 2.79. The Labute approximate surface area is 127 Å². The largest absolute Gasteiger partial charge is 0.304 e. The lowest BCUT2D eigenvalue weighted by molar-refractivity contribution is 0.490. The van der Waals surface area contributed by atoms with Crippen LogP contribution in [0.25, 0.3) is 0 Å². The van der Waals surface area contributed by atoms with Gasteiger partial charge in [0.05, 0.1) is 0 Å². The molecule has 0 aromatic heterocycles. The fourth-order valence-corrected chi connectivity index (χ4v) is 2.79. The molecule has 0 aliphatic rings. The molecule has 0 heterocycles. The molecule has 112 valence electrons. The second-order valence-electron chi connectivity index (χ2n) is 5.96. The highest BCUT2D eigenvalue weighted by Gasteiger charge is 2.14. The smallest absolute Gasteiger partial charge is 0.123 e. The van der Waals surface area contributed by atoms with Gasteiger partial charge in [-0.2, -0.15) is 0 Å². The first-order valence-electron chi connectivity index (χ1n) is 7.47. The van der Waals surface area contributed by atoms with Gasteiger partial charge < -0.3 is 5.32 Å². The van der Waals surface area contributed by atoms with Gasteiger partial charge in [-0.3, -0.25) is 0 Å². The number of benzene rings is 2. The van der Waals surface area contributed by atoms with E-state index >= 15 is 0 Å². The topological polar surface area (TPSA) is 12.0 Å². The quantitative estimate of drug-likeness (QED) is 0.818. The van der Waals surface area contributed by atoms with Crippen LogP contribution in [0.3, 0.4) is 0 Å². The molecule has 0 fully saturated rings. The second kappa shape index (κ2) is 6.40. The number of hydrogen-bond donors (Lipinski definition) is 1. The van der Waals surface area contributed by atoms with Gasteiger partial charge in [-0.15, -0.1) is 0 Å². The van der Waals surface area contributed by atoms with Crippen LogP contribution in [0.4, 0.5) is 4.39 Å². The number of rotatable bonds is 4. The summed E-state index contributed by atoms with van der Waals surface area (Å²) >= 11 is 0. The van der Waals surface area contributed by atoms with Crippen molar-refractivity contribution in [1.82, 2.24) is 5.32 Å². The molecule has 0 saturated carbocycles. The molecule has 21 heavy (non-hydrogen) atoms. The third-order valence-electron chi connectivity index (χ3n) is 4.20. The third kappa shape index (κ3) is 3.70. The lowest BCUT2D eigenvalue weighted by atomic mass is 9.95. The minimum Gasteiger partial charge on any atom is -0.304 e. The first kappa shape index (κ1) is 15.7. The van der Waals surface area contributed by atoms with Gasteiger partial charge >= 0.3 is 0 Å². The van der Waals surface area contributed by atoms with Crippen LogP contribution >= 0.6 is 0 Å². The van der Waals surface area contributed by atoms with E-state index in [1.807, 2.05) is 6.07 Å². The molecule has 2 heteroatoms. The Morgan fingerprint density at radius 2 is 1.52 bits per heavy atom. The van der Waals surface area contributed by atoms with Crippen molar-refractivity contribution in [1.29, 1.82) is 0 Å². The van der Waals surface area contributed by atoms with Crippen molar-refractivity contribution < 1.29 is 4.39 Å². The molecular formula is C19H24FN. The summed E-state index contributed by atoms with van der Waals surface area (Å²) in [6.07, 6.45) is 0. The molecule has 0 radical (unpaired) electrons. The molecule has 1 N–H and O–H groups in total. The molecule has 1 nitrogen and oxygen atoms in total. The van der Waals surface area contributed by atoms with Crippen molar-refractivity contribution in [2.24, 2.45) is 0 Å². The third-order valence-corrected chi connectivity index (χ3v) is 4.20. The van der Waals surface area contributed by atoms with Crippen molar-refractivity contribution in [3.63, 3.8) is 0 Å². The highest BCUT2D eigenvalue weighted by atomic mass is 19.1. The number of nitrogens with one attached hydrogen (secondary N) is 1. The van der Waals surface area contributed by atoms with Gasteiger partial charge in [-0.05, 0) is 74.6 Å². The predicted molar refractivity (Wildman–Crippen MR) is 87.0 cm³/mol. The van der Waals surface area contributed by atoms with Crippen molar-refractivity contribution in [2.75, 3.05) is 0 Å². The summed E-state index contributed by atoms with van der Waals surface area (Å²) in [7, 11) is 0. The Morgan fingerprint density at radius 1 is 0.857 bits per heavy atom. The molecule has 0 spiro atoms. The van der Waals surface area contributed by atoms with Crippen LogP contribution in [-0.2, 0) is 0 Å². The van der Waals surface area contributed by atoms with Crippen molar-refractivity contribution in [2.45, 2.75) is 46.7 Å². The van der Waals surface area contributed by atoms with E-state index in [0.717, 1.165) is 5.56 Å². The van der Waals surface area contributed by atoms with Gasteiger partial charge in [-0.1, -0.05) is 24.3 Å². The van der Waals surface area contributed by atoms with Gasteiger partial charge in [0.25, 0.3) is 0 Å². The Hall–Kier alpha value is -1.67. The second-order valence-corrected chi connectivity index (χ2v) is 5.96. The fraction of sp³-hybridized carbons (Fsp3) is 0.368. The summed E-state index contributed by atoms with van der Waals surface area (Å²) in [5, 5.41) is 3.56. The Morgan fingerprint density at radius 3 is 2.19 bits per heavy atom. The molecule has 0 amide bonds. The van der Waals surface area contributed by atoms with E-state index in [4.69, 9.17) is 0 Å². The first-order valence-corrected chi connectivity index (χ1v) is 7.47. The Balaban J connectivity index is 2.18. The van der Waals surface area contributed by atoms with Gasteiger partial charge in [0.1, 0.15) is 5.82 Å². The maximum atomic E-state index is 13.3. The molecule has 0 aliphatic heterocycles. The summed E-state index contributed by atoms with van der Waals surface area (Å²) in [5.74, 6) is -0.184. The summed E-state index contributed by atoms with van der Waals surface area (Å²) in [6.45, 7) is 10.7. The Bertz CT molecular complexity index is 633. The van der Waals surface area contributed by atoms with E-state index in [1.54, 1.807) is 12.1 Å². The molecule has 0 saturated heterocycles. The van der Waals surface area contributed by atoms with Crippen LogP contribution < -0.4 is 5.32 Å². The van der Waals surface area contributed by atoms with E-state index in [0.29, 0.717) is 0 Å². The molecular weight excluding hydrogens is 261 g/mol. The molecule has 2 aromatic rings. The Kier molecular flexibility index (Phi) is 4.79. The van der Waals surface area contributed by atoms with Crippen LogP contribution in [-0.4, -0.2) is 0 Å². The summed E-state index contributed by atoms with van der Waals surface area (Å²) < 4.78 is 13.3. The normalized spacial score (nSPS) is 14.0. The zero-order valence-corrected chi connectivity index (χ0v) is 13.5. The van der Waals surface area contributed by atoms with Gasteiger partial charge in [0, 0.05) is 12.1 Å². The van der Waals surface area contributed by atoms with Crippen molar-refractivity contribution in [3.8, 4) is 0 Å². The minimum absolute atomic E-state index is 0.108. The van der Waals surface area contributed by atoms with Crippen molar-refractivity contribution >= 4 is 0 Å². The van der Waals surface area contributed by atoms with E-state index in [9.17, 15) is 4.39 Å². The maximum absolute atomic E-state index is 13.3. The zero-order chi connectivity index (χ0) is 15.6. The van der Waals surface area contributed by atoms with E-state index in [1.165, 1.54) is 28.3 Å². The van der Waals surface area contributed by atoms with Crippen LogP contribution in [0.15, 0.2) is 36.4 Å². The van der Waals surface area contributed by atoms with E-state index < -0.39 is 0 Å².